The van der Waals surface area contributed by atoms with Crippen LogP contribution in [0.5, 0.6) is 5.75 Å². The molecule has 7 nitrogen and oxygen atoms in total. The average molecular weight is 397 g/mol. The molecule has 1 aromatic carbocycles. The zero-order chi connectivity index (χ0) is 19.8. The van der Waals surface area contributed by atoms with Gasteiger partial charge in [0.05, 0.1) is 18.7 Å². The lowest BCUT2D eigenvalue weighted by Gasteiger charge is -2.21. The van der Waals surface area contributed by atoms with E-state index in [1.165, 1.54) is 31.7 Å². The summed E-state index contributed by atoms with van der Waals surface area (Å²) in [4.78, 5) is 35.6. The van der Waals surface area contributed by atoms with Crippen molar-refractivity contribution < 1.29 is 24.2 Å². The second kappa shape index (κ2) is 10.2. The fraction of sp³-hybridized carbons (Fsp3) is 0.526. The summed E-state index contributed by atoms with van der Waals surface area (Å²) in [5.41, 5.74) is 0.315. The first kappa shape index (κ1) is 21.0. The standard InChI is InChI=1S/C19H25ClN2O5/c1-27-15-8-7-13(10-14(15)20)18(19(25)26)22-17(24)11-21-16(23)9-12-5-3-2-4-6-12/h7-8,10,12,18H,2-6,9,11H2,1H3,(H,21,23)(H,22,24)(H,25,26). The SMILES string of the molecule is COc1ccc(C(NC(=O)CNC(=O)CC2CCCCC2)C(=O)O)cc1Cl. The van der Waals surface area contributed by atoms with Gasteiger partial charge in [-0.1, -0.05) is 36.9 Å². The second-order valence-electron chi connectivity index (χ2n) is 6.72. The molecule has 1 aliphatic rings. The summed E-state index contributed by atoms with van der Waals surface area (Å²) in [7, 11) is 1.45. The van der Waals surface area contributed by atoms with Gasteiger partial charge in [-0.15, -0.1) is 0 Å². The van der Waals surface area contributed by atoms with E-state index in [2.05, 4.69) is 10.6 Å². The molecule has 27 heavy (non-hydrogen) atoms. The molecule has 0 bridgehead atoms. The Balaban J connectivity index is 1.88. The number of hydrogen-bond acceptors (Lipinski definition) is 4. The lowest BCUT2D eigenvalue weighted by Crippen LogP contribution is -2.41. The molecule has 1 unspecified atom stereocenters. The van der Waals surface area contributed by atoms with Gasteiger partial charge in [-0.05, 0) is 36.5 Å². The highest BCUT2D eigenvalue weighted by Crippen LogP contribution is 2.28. The summed E-state index contributed by atoms with van der Waals surface area (Å²) < 4.78 is 5.03. The Morgan fingerprint density at radius 1 is 1.22 bits per heavy atom. The smallest absolute Gasteiger partial charge is 0.330 e. The molecule has 3 N–H and O–H groups in total. The summed E-state index contributed by atoms with van der Waals surface area (Å²) in [5, 5.41) is 14.6. The highest BCUT2D eigenvalue weighted by molar-refractivity contribution is 6.32. The first-order chi connectivity index (χ1) is 12.9. The van der Waals surface area contributed by atoms with Gasteiger partial charge in [0.1, 0.15) is 5.75 Å². The molecule has 1 atom stereocenters. The molecular formula is C19H25ClN2O5. The van der Waals surface area contributed by atoms with E-state index in [-0.39, 0.29) is 17.5 Å². The number of nitrogens with one attached hydrogen (secondary N) is 2. The van der Waals surface area contributed by atoms with Crippen molar-refractivity contribution in [3.8, 4) is 5.75 Å². The third-order valence-electron chi connectivity index (χ3n) is 4.71. The third-order valence-corrected chi connectivity index (χ3v) is 5.00. The number of carbonyl (C=O) groups excluding carboxylic acids is 2. The number of benzene rings is 1. The number of ether oxygens (including phenoxy) is 1. The number of carboxylic acids is 1. The summed E-state index contributed by atoms with van der Waals surface area (Å²) in [5.74, 6) is -1.21. The lowest BCUT2D eigenvalue weighted by atomic mass is 9.87. The Bertz CT molecular complexity index is 689. The maximum atomic E-state index is 12.1. The van der Waals surface area contributed by atoms with Gasteiger partial charge in [-0.25, -0.2) is 4.79 Å². The largest absolute Gasteiger partial charge is 0.495 e. The van der Waals surface area contributed by atoms with E-state index in [1.54, 1.807) is 0 Å². The van der Waals surface area contributed by atoms with E-state index in [9.17, 15) is 19.5 Å². The first-order valence-corrected chi connectivity index (χ1v) is 9.40. The van der Waals surface area contributed by atoms with E-state index < -0.39 is 17.9 Å². The highest BCUT2D eigenvalue weighted by atomic mass is 35.5. The van der Waals surface area contributed by atoms with Crippen LogP contribution in [0.3, 0.4) is 0 Å². The van der Waals surface area contributed by atoms with Gasteiger partial charge in [0.15, 0.2) is 6.04 Å². The van der Waals surface area contributed by atoms with Crippen LogP contribution in [0.25, 0.3) is 0 Å². The molecule has 0 aromatic heterocycles. The van der Waals surface area contributed by atoms with Gasteiger partial charge in [-0.3, -0.25) is 9.59 Å². The Morgan fingerprint density at radius 3 is 2.52 bits per heavy atom. The molecule has 1 saturated carbocycles. The van der Waals surface area contributed by atoms with Crippen molar-refractivity contribution in [1.82, 2.24) is 10.6 Å². The number of hydrogen-bond donors (Lipinski definition) is 3. The number of aliphatic carboxylic acids is 1. The van der Waals surface area contributed by atoms with Crippen LogP contribution in [-0.2, 0) is 14.4 Å². The molecule has 0 saturated heterocycles. The van der Waals surface area contributed by atoms with E-state index in [0.717, 1.165) is 25.7 Å². The summed E-state index contributed by atoms with van der Waals surface area (Å²) >= 11 is 6.02. The van der Waals surface area contributed by atoms with E-state index >= 15 is 0 Å². The average Bonchev–Trinajstić information content (AvgIpc) is 2.65. The quantitative estimate of drug-likeness (QED) is 0.626. The maximum Gasteiger partial charge on any atom is 0.330 e. The van der Waals surface area contributed by atoms with Crippen LogP contribution in [-0.4, -0.2) is 36.5 Å². The topological polar surface area (TPSA) is 105 Å². The fourth-order valence-electron chi connectivity index (χ4n) is 3.27. The van der Waals surface area contributed by atoms with Crippen molar-refractivity contribution in [3.63, 3.8) is 0 Å². The predicted octanol–water partition coefficient (Wildman–Crippen LogP) is 2.68. The van der Waals surface area contributed by atoms with Gasteiger partial charge in [0, 0.05) is 6.42 Å². The number of carboxylic acid groups (broad SMARTS) is 1. The van der Waals surface area contributed by atoms with Crippen LogP contribution in [0, 0.1) is 5.92 Å². The molecule has 1 aliphatic carbocycles. The molecule has 148 valence electrons. The molecule has 0 aliphatic heterocycles. The molecule has 0 spiro atoms. The minimum Gasteiger partial charge on any atom is -0.495 e. The Labute approximate surface area is 163 Å². The molecule has 0 heterocycles. The summed E-state index contributed by atoms with van der Waals surface area (Å²) in [6, 6.07) is 3.22. The Morgan fingerprint density at radius 2 is 1.93 bits per heavy atom. The van der Waals surface area contributed by atoms with Gasteiger partial charge in [0.2, 0.25) is 11.8 Å². The number of amides is 2. The number of halogens is 1. The minimum absolute atomic E-state index is 0.184. The van der Waals surface area contributed by atoms with Crippen LogP contribution < -0.4 is 15.4 Å². The van der Waals surface area contributed by atoms with Crippen LogP contribution in [0.15, 0.2) is 18.2 Å². The fourth-order valence-corrected chi connectivity index (χ4v) is 3.53. The van der Waals surface area contributed by atoms with Crippen molar-refractivity contribution in [2.24, 2.45) is 5.92 Å². The van der Waals surface area contributed by atoms with Crippen LogP contribution in [0.2, 0.25) is 5.02 Å². The van der Waals surface area contributed by atoms with Gasteiger partial charge in [-0.2, -0.15) is 0 Å². The monoisotopic (exact) mass is 396 g/mol. The normalized spacial score (nSPS) is 15.6. The second-order valence-corrected chi connectivity index (χ2v) is 7.12. The minimum atomic E-state index is -1.27. The molecule has 2 rings (SSSR count). The zero-order valence-electron chi connectivity index (χ0n) is 15.3. The van der Waals surface area contributed by atoms with Crippen molar-refractivity contribution in [2.45, 2.75) is 44.6 Å². The van der Waals surface area contributed by atoms with Crippen molar-refractivity contribution in [2.75, 3.05) is 13.7 Å². The number of methoxy groups -OCH3 is 1. The van der Waals surface area contributed by atoms with Crippen molar-refractivity contribution >= 4 is 29.4 Å². The van der Waals surface area contributed by atoms with Gasteiger partial charge >= 0.3 is 5.97 Å². The van der Waals surface area contributed by atoms with Gasteiger partial charge < -0.3 is 20.5 Å². The molecule has 2 amide bonds. The third kappa shape index (κ3) is 6.43. The Kier molecular flexibility index (Phi) is 7.91. The summed E-state index contributed by atoms with van der Waals surface area (Å²) in [6.45, 7) is -0.265. The zero-order valence-corrected chi connectivity index (χ0v) is 16.1. The number of carbonyl (C=O) groups is 3. The highest BCUT2D eigenvalue weighted by Gasteiger charge is 2.23. The summed E-state index contributed by atoms with van der Waals surface area (Å²) in [6.07, 6.45) is 5.99. The van der Waals surface area contributed by atoms with Crippen LogP contribution >= 0.6 is 11.6 Å². The molecular weight excluding hydrogens is 372 g/mol. The lowest BCUT2D eigenvalue weighted by molar-refractivity contribution is -0.142. The van der Waals surface area contributed by atoms with Crippen LogP contribution in [0.1, 0.15) is 50.1 Å². The molecule has 0 radical (unpaired) electrons. The van der Waals surface area contributed by atoms with Gasteiger partial charge in [0.25, 0.3) is 0 Å². The predicted molar refractivity (Wildman–Crippen MR) is 101 cm³/mol. The van der Waals surface area contributed by atoms with E-state index in [1.807, 2.05) is 0 Å². The maximum absolute atomic E-state index is 12.1. The van der Waals surface area contributed by atoms with Crippen molar-refractivity contribution in [3.05, 3.63) is 28.8 Å². The number of rotatable bonds is 8. The first-order valence-electron chi connectivity index (χ1n) is 9.03. The van der Waals surface area contributed by atoms with E-state index in [4.69, 9.17) is 16.3 Å². The molecule has 1 fully saturated rings. The Hall–Kier alpha value is -2.28. The van der Waals surface area contributed by atoms with Crippen molar-refractivity contribution in [1.29, 1.82) is 0 Å². The molecule has 8 heteroatoms. The van der Waals surface area contributed by atoms with Crippen LogP contribution in [0.4, 0.5) is 0 Å². The van der Waals surface area contributed by atoms with E-state index in [0.29, 0.717) is 23.7 Å². The molecule has 1 aromatic rings.